The number of allylic oxidation sites excluding steroid dienone is 1. The molecule has 0 amide bonds. The van der Waals surface area contributed by atoms with E-state index < -0.39 is 0 Å². The topological polar surface area (TPSA) is 50.1 Å². The average Bonchev–Trinajstić information content (AvgIpc) is 2.66. The quantitative estimate of drug-likeness (QED) is 0.763. The van der Waals surface area contributed by atoms with Gasteiger partial charge in [-0.3, -0.25) is 0 Å². The Balaban J connectivity index is 2.29. The largest absolute Gasteiger partial charge is 0.476 e. The number of nitrogens with zero attached hydrogens (tertiary/aromatic N) is 3. The van der Waals surface area contributed by atoms with Crippen LogP contribution < -0.4 is 10.1 Å². The molecule has 80 valence electrons. The number of hydrogen-bond donors (Lipinski definition) is 1. The zero-order valence-corrected chi connectivity index (χ0v) is 9.54. The standard InChI is InChI=1S/C9H12N4OS/c1-3-14-9-8(11-15-12-9)7-4-10-6-13(2)5-7/h4-5H,3,6H2,1-2H3/p+1. The molecule has 1 N–H and O–H groups in total. The van der Waals surface area contributed by atoms with Gasteiger partial charge in [0.1, 0.15) is 7.05 Å². The van der Waals surface area contributed by atoms with Crippen LogP contribution in [-0.4, -0.2) is 39.9 Å². The molecule has 0 aliphatic carbocycles. The van der Waals surface area contributed by atoms with E-state index in [9.17, 15) is 0 Å². The molecular weight excluding hydrogens is 212 g/mol. The molecule has 0 spiro atoms. The molecule has 0 unspecified atom stereocenters. The van der Waals surface area contributed by atoms with Crippen LogP contribution in [0.5, 0.6) is 5.88 Å². The molecule has 2 rings (SSSR count). The summed E-state index contributed by atoms with van der Waals surface area (Å²) in [6.07, 6.45) is 3.95. The summed E-state index contributed by atoms with van der Waals surface area (Å²) in [7, 11) is 2.00. The van der Waals surface area contributed by atoms with Crippen molar-refractivity contribution in [1.82, 2.24) is 14.1 Å². The van der Waals surface area contributed by atoms with Crippen LogP contribution >= 0.6 is 11.7 Å². The van der Waals surface area contributed by atoms with Gasteiger partial charge >= 0.3 is 0 Å². The number of aromatic nitrogens is 2. The van der Waals surface area contributed by atoms with Gasteiger partial charge in [0.2, 0.25) is 6.67 Å². The Labute approximate surface area is 92.4 Å². The highest BCUT2D eigenvalue weighted by atomic mass is 32.1. The van der Waals surface area contributed by atoms with Crippen molar-refractivity contribution in [2.24, 2.45) is 0 Å². The van der Waals surface area contributed by atoms with E-state index in [0.29, 0.717) is 12.5 Å². The molecule has 0 atom stereocenters. The smallest absolute Gasteiger partial charge is 0.254 e. The third-order valence-corrected chi connectivity index (χ3v) is 2.48. The van der Waals surface area contributed by atoms with Gasteiger partial charge in [0.15, 0.2) is 11.9 Å². The van der Waals surface area contributed by atoms with Gasteiger partial charge in [0.05, 0.1) is 23.9 Å². The monoisotopic (exact) mass is 225 g/mol. The van der Waals surface area contributed by atoms with E-state index in [1.165, 1.54) is 11.7 Å². The van der Waals surface area contributed by atoms with Gasteiger partial charge in [0.25, 0.3) is 5.88 Å². The zero-order chi connectivity index (χ0) is 10.7. The maximum absolute atomic E-state index is 5.40. The van der Waals surface area contributed by atoms with Crippen LogP contribution in [-0.2, 0) is 0 Å². The Bertz CT molecular complexity index is 410. The molecule has 0 fully saturated rings. The second-order valence-electron chi connectivity index (χ2n) is 3.20. The lowest BCUT2D eigenvalue weighted by Crippen LogP contribution is -2.25. The molecular formula is C9H13N4OS+. The highest BCUT2D eigenvalue weighted by molar-refractivity contribution is 6.99. The van der Waals surface area contributed by atoms with Gasteiger partial charge in [-0.15, -0.1) is 4.37 Å². The maximum Gasteiger partial charge on any atom is 0.254 e. The van der Waals surface area contributed by atoms with E-state index in [2.05, 4.69) is 14.1 Å². The first kappa shape index (κ1) is 10.1. The predicted molar refractivity (Wildman–Crippen MR) is 59.3 cm³/mol. The second-order valence-corrected chi connectivity index (χ2v) is 3.73. The van der Waals surface area contributed by atoms with Crippen molar-refractivity contribution in [1.29, 1.82) is 0 Å². The SMILES string of the molecule is CCOc1nsnc1C1=CNC[N+](C)=C1. The molecule has 1 aromatic rings. The van der Waals surface area contributed by atoms with Gasteiger partial charge < -0.3 is 10.1 Å². The van der Waals surface area contributed by atoms with Crippen molar-refractivity contribution in [3.63, 3.8) is 0 Å². The molecule has 0 aromatic carbocycles. The fourth-order valence-corrected chi connectivity index (χ4v) is 1.86. The van der Waals surface area contributed by atoms with Crippen molar-refractivity contribution in [3.8, 4) is 5.88 Å². The second kappa shape index (κ2) is 4.39. The van der Waals surface area contributed by atoms with Crippen LogP contribution in [0.2, 0.25) is 0 Å². The molecule has 1 aliphatic rings. The number of nitrogens with one attached hydrogen (secondary N) is 1. The highest BCUT2D eigenvalue weighted by Gasteiger charge is 2.17. The van der Waals surface area contributed by atoms with E-state index in [1.807, 2.05) is 31.0 Å². The van der Waals surface area contributed by atoms with Gasteiger partial charge in [0, 0.05) is 6.20 Å². The summed E-state index contributed by atoms with van der Waals surface area (Å²) in [4.78, 5) is 0. The van der Waals surface area contributed by atoms with E-state index in [4.69, 9.17) is 4.74 Å². The minimum atomic E-state index is 0.606. The molecule has 5 nitrogen and oxygen atoms in total. The minimum absolute atomic E-state index is 0.606. The lowest BCUT2D eigenvalue weighted by molar-refractivity contribution is -0.496. The van der Waals surface area contributed by atoms with Crippen molar-refractivity contribution < 1.29 is 9.31 Å². The zero-order valence-electron chi connectivity index (χ0n) is 8.73. The molecule has 0 saturated carbocycles. The Morgan fingerprint density at radius 2 is 2.47 bits per heavy atom. The molecule has 1 aliphatic heterocycles. The average molecular weight is 225 g/mol. The third kappa shape index (κ3) is 2.15. The normalized spacial score (nSPS) is 15.3. The first-order valence-electron chi connectivity index (χ1n) is 4.75. The van der Waals surface area contributed by atoms with Crippen LogP contribution in [0.15, 0.2) is 6.20 Å². The molecule has 0 radical (unpaired) electrons. The summed E-state index contributed by atoms with van der Waals surface area (Å²) < 4.78 is 15.8. The Kier molecular flexibility index (Phi) is 2.96. The van der Waals surface area contributed by atoms with Gasteiger partial charge in [-0.25, -0.2) is 4.58 Å². The predicted octanol–water partition coefficient (Wildman–Crippen LogP) is 0.551. The molecule has 15 heavy (non-hydrogen) atoms. The van der Waals surface area contributed by atoms with Crippen molar-refractivity contribution in [2.45, 2.75) is 6.92 Å². The van der Waals surface area contributed by atoms with Gasteiger partial charge in [-0.1, -0.05) is 0 Å². The highest BCUT2D eigenvalue weighted by Crippen LogP contribution is 2.22. The molecule has 6 heteroatoms. The molecule has 0 bridgehead atoms. The summed E-state index contributed by atoms with van der Waals surface area (Å²) in [5, 5.41) is 3.16. The summed E-state index contributed by atoms with van der Waals surface area (Å²) in [6, 6.07) is 0. The van der Waals surface area contributed by atoms with Crippen molar-refractivity contribution in [2.75, 3.05) is 20.3 Å². The molecule has 2 heterocycles. The van der Waals surface area contributed by atoms with E-state index in [0.717, 1.165) is 17.9 Å². The van der Waals surface area contributed by atoms with Crippen molar-refractivity contribution >= 4 is 23.5 Å². The van der Waals surface area contributed by atoms with E-state index in [-0.39, 0.29) is 0 Å². The number of ether oxygens (including phenoxy) is 1. The van der Waals surface area contributed by atoms with Crippen molar-refractivity contribution in [3.05, 3.63) is 11.9 Å². The lowest BCUT2D eigenvalue weighted by atomic mass is 10.2. The lowest BCUT2D eigenvalue weighted by Gasteiger charge is -2.07. The fraction of sp³-hybridized carbons (Fsp3) is 0.444. The van der Waals surface area contributed by atoms with Crippen LogP contribution in [0.1, 0.15) is 12.6 Å². The first-order valence-corrected chi connectivity index (χ1v) is 5.48. The summed E-state index contributed by atoms with van der Waals surface area (Å²) in [5.74, 6) is 0.613. The fourth-order valence-electron chi connectivity index (χ4n) is 1.34. The van der Waals surface area contributed by atoms with Crippen LogP contribution in [0.4, 0.5) is 0 Å². The first-order chi connectivity index (χ1) is 7.31. The van der Waals surface area contributed by atoms with Crippen LogP contribution in [0.3, 0.4) is 0 Å². The van der Waals surface area contributed by atoms with Gasteiger partial charge in [-0.2, -0.15) is 4.37 Å². The van der Waals surface area contributed by atoms with E-state index in [1.54, 1.807) is 0 Å². The summed E-state index contributed by atoms with van der Waals surface area (Å²) in [6.45, 7) is 3.35. The third-order valence-electron chi connectivity index (χ3n) is 1.97. The van der Waals surface area contributed by atoms with E-state index >= 15 is 0 Å². The Morgan fingerprint density at radius 3 is 3.20 bits per heavy atom. The number of hydrogen-bond acceptors (Lipinski definition) is 5. The Hall–Kier alpha value is -1.43. The Morgan fingerprint density at radius 1 is 1.60 bits per heavy atom. The van der Waals surface area contributed by atoms with Crippen LogP contribution in [0.25, 0.3) is 5.57 Å². The maximum atomic E-state index is 5.40. The number of rotatable bonds is 3. The van der Waals surface area contributed by atoms with Gasteiger partial charge in [-0.05, 0) is 6.92 Å². The molecule has 1 aromatic heterocycles. The minimum Gasteiger partial charge on any atom is -0.476 e. The summed E-state index contributed by atoms with van der Waals surface area (Å²) in [5.41, 5.74) is 1.81. The molecule has 0 saturated heterocycles. The summed E-state index contributed by atoms with van der Waals surface area (Å²) >= 11 is 1.17. The van der Waals surface area contributed by atoms with Crippen LogP contribution in [0, 0.1) is 0 Å².